The number of carbonyl (C=O) groups excluding carboxylic acids is 1. The lowest BCUT2D eigenvalue weighted by molar-refractivity contribution is 0.0971. The van der Waals surface area contributed by atoms with E-state index in [1.54, 1.807) is 13.1 Å². The van der Waals surface area contributed by atoms with Crippen molar-refractivity contribution >= 4 is 11.5 Å². The summed E-state index contributed by atoms with van der Waals surface area (Å²) in [5, 5.41) is 6.26. The van der Waals surface area contributed by atoms with Crippen LogP contribution in [0.25, 0.3) is 0 Å². The smallest absolute Gasteiger partial charge is 0.165 e. The largest absolute Gasteiger partial charge is 0.388 e. The van der Waals surface area contributed by atoms with E-state index < -0.39 is 0 Å². The summed E-state index contributed by atoms with van der Waals surface area (Å²) in [4.78, 5) is 12.2. The standard InChI is InChI=1S/C15H21FN2O/c1-17-14-4-3-12(16)10-13(14)15(19)5-2-11-6-8-18-9-7-11/h3-4,10-11,17-18H,2,5-9H2,1H3. The van der Waals surface area contributed by atoms with Crippen molar-refractivity contribution in [2.75, 3.05) is 25.5 Å². The molecule has 104 valence electrons. The molecule has 0 aromatic heterocycles. The van der Waals surface area contributed by atoms with Gasteiger partial charge in [0.05, 0.1) is 0 Å². The first-order valence-corrected chi connectivity index (χ1v) is 6.92. The maximum Gasteiger partial charge on any atom is 0.165 e. The maximum atomic E-state index is 13.3. The Morgan fingerprint density at radius 2 is 2.16 bits per heavy atom. The normalized spacial score (nSPS) is 16.3. The second-order valence-corrected chi connectivity index (χ2v) is 5.10. The third-order valence-corrected chi connectivity index (χ3v) is 3.79. The molecule has 0 bridgehead atoms. The summed E-state index contributed by atoms with van der Waals surface area (Å²) >= 11 is 0. The zero-order valence-electron chi connectivity index (χ0n) is 11.3. The highest BCUT2D eigenvalue weighted by molar-refractivity contribution is 6.01. The number of rotatable bonds is 5. The van der Waals surface area contributed by atoms with Crippen molar-refractivity contribution in [3.63, 3.8) is 0 Å². The highest BCUT2D eigenvalue weighted by Gasteiger charge is 2.17. The lowest BCUT2D eigenvalue weighted by Gasteiger charge is -2.22. The minimum atomic E-state index is -0.357. The van der Waals surface area contributed by atoms with Crippen LogP contribution in [0.15, 0.2) is 18.2 Å². The summed E-state index contributed by atoms with van der Waals surface area (Å²) in [6.07, 6.45) is 3.67. The molecule has 1 aromatic carbocycles. The first-order valence-electron chi connectivity index (χ1n) is 6.92. The summed E-state index contributed by atoms with van der Waals surface area (Å²) in [7, 11) is 1.75. The average molecular weight is 264 g/mol. The maximum absolute atomic E-state index is 13.3. The summed E-state index contributed by atoms with van der Waals surface area (Å²) in [5.41, 5.74) is 1.17. The number of halogens is 1. The van der Waals surface area contributed by atoms with Gasteiger partial charge in [-0.3, -0.25) is 4.79 Å². The van der Waals surface area contributed by atoms with Crippen molar-refractivity contribution in [2.45, 2.75) is 25.7 Å². The molecule has 2 rings (SSSR count). The van der Waals surface area contributed by atoms with Crippen LogP contribution in [-0.4, -0.2) is 25.9 Å². The number of anilines is 1. The third-order valence-electron chi connectivity index (χ3n) is 3.79. The Morgan fingerprint density at radius 1 is 1.42 bits per heavy atom. The minimum Gasteiger partial charge on any atom is -0.388 e. The molecule has 0 saturated carbocycles. The summed E-state index contributed by atoms with van der Waals surface area (Å²) in [6.45, 7) is 2.08. The number of benzene rings is 1. The first-order chi connectivity index (χ1) is 9.20. The highest BCUT2D eigenvalue weighted by Crippen LogP contribution is 2.23. The van der Waals surface area contributed by atoms with Crippen LogP contribution in [0.1, 0.15) is 36.0 Å². The van der Waals surface area contributed by atoms with Crippen molar-refractivity contribution in [3.8, 4) is 0 Å². The van der Waals surface area contributed by atoms with Gasteiger partial charge in [-0.15, -0.1) is 0 Å². The molecule has 1 aromatic rings. The van der Waals surface area contributed by atoms with Gasteiger partial charge in [0, 0.05) is 24.7 Å². The number of nitrogens with one attached hydrogen (secondary N) is 2. The van der Waals surface area contributed by atoms with Crippen LogP contribution in [0, 0.1) is 11.7 Å². The molecule has 0 unspecified atom stereocenters. The molecule has 1 fully saturated rings. The zero-order valence-corrected chi connectivity index (χ0v) is 11.3. The first kappa shape index (κ1) is 14.0. The predicted molar refractivity (Wildman–Crippen MR) is 75.1 cm³/mol. The van der Waals surface area contributed by atoms with Gasteiger partial charge < -0.3 is 10.6 Å². The number of piperidine rings is 1. The highest BCUT2D eigenvalue weighted by atomic mass is 19.1. The number of hydrogen-bond donors (Lipinski definition) is 2. The van der Waals surface area contributed by atoms with E-state index in [0.29, 0.717) is 23.6 Å². The topological polar surface area (TPSA) is 41.1 Å². The van der Waals surface area contributed by atoms with E-state index >= 15 is 0 Å². The van der Waals surface area contributed by atoms with Gasteiger partial charge in [0.1, 0.15) is 5.82 Å². The molecule has 1 heterocycles. The molecule has 1 aliphatic heterocycles. The monoisotopic (exact) mass is 264 g/mol. The average Bonchev–Trinajstić information content (AvgIpc) is 2.46. The van der Waals surface area contributed by atoms with Gasteiger partial charge in [-0.1, -0.05) is 0 Å². The number of carbonyl (C=O) groups is 1. The molecule has 1 aliphatic rings. The van der Waals surface area contributed by atoms with Crippen LogP contribution in [0.3, 0.4) is 0 Å². The summed E-state index contributed by atoms with van der Waals surface area (Å²) in [5.74, 6) is 0.295. The molecule has 4 heteroatoms. The van der Waals surface area contributed by atoms with Crippen molar-refractivity contribution in [1.29, 1.82) is 0 Å². The van der Waals surface area contributed by atoms with Gasteiger partial charge >= 0.3 is 0 Å². The molecule has 0 spiro atoms. The Labute approximate surface area is 113 Å². The molecule has 0 amide bonds. The SMILES string of the molecule is CNc1ccc(F)cc1C(=O)CCC1CCNCC1. The van der Waals surface area contributed by atoms with E-state index in [-0.39, 0.29) is 11.6 Å². The molecule has 0 atom stereocenters. The fourth-order valence-corrected chi connectivity index (χ4v) is 2.61. The van der Waals surface area contributed by atoms with Gasteiger partial charge in [-0.05, 0) is 56.5 Å². The quantitative estimate of drug-likeness (QED) is 0.803. The molecule has 1 saturated heterocycles. The van der Waals surface area contributed by atoms with Crippen LogP contribution in [-0.2, 0) is 0 Å². The Balaban J connectivity index is 1.97. The Kier molecular flexibility index (Phi) is 4.91. The molecule has 3 nitrogen and oxygen atoms in total. The molecule has 19 heavy (non-hydrogen) atoms. The summed E-state index contributed by atoms with van der Waals surface area (Å²) < 4.78 is 13.3. The van der Waals surface area contributed by atoms with E-state index in [2.05, 4.69) is 10.6 Å². The van der Waals surface area contributed by atoms with E-state index in [1.807, 2.05) is 0 Å². The van der Waals surface area contributed by atoms with Crippen molar-refractivity contribution in [3.05, 3.63) is 29.6 Å². The van der Waals surface area contributed by atoms with Crippen LogP contribution >= 0.6 is 0 Å². The zero-order chi connectivity index (χ0) is 13.7. The van der Waals surface area contributed by atoms with E-state index in [0.717, 1.165) is 32.4 Å². The van der Waals surface area contributed by atoms with Crippen molar-refractivity contribution < 1.29 is 9.18 Å². The van der Waals surface area contributed by atoms with E-state index in [1.165, 1.54) is 12.1 Å². The lowest BCUT2D eigenvalue weighted by Crippen LogP contribution is -2.28. The molecule has 0 radical (unpaired) electrons. The van der Waals surface area contributed by atoms with Gasteiger partial charge in [0.25, 0.3) is 0 Å². The van der Waals surface area contributed by atoms with Crippen molar-refractivity contribution in [1.82, 2.24) is 5.32 Å². The number of ketones is 1. The second-order valence-electron chi connectivity index (χ2n) is 5.10. The Morgan fingerprint density at radius 3 is 2.84 bits per heavy atom. The van der Waals surface area contributed by atoms with Crippen LogP contribution in [0.5, 0.6) is 0 Å². The van der Waals surface area contributed by atoms with E-state index in [9.17, 15) is 9.18 Å². The summed E-state index contributed by atoms with van der Waals surface area (Å²) in [6, 6.07) is 4.32. The molecule has 2 N–H and O–H groups in total. The van der Waals surface area contributed by atoms with Crippen LogP contribution in [0.4, 0.5) is 10.1 Å². The molecular formula is C15H21FN2O. The van der Waals surface area contributed by atoms with Gasteiger partial charge in [-0.25, -0.2) is 4.39 Å². The molecular weight excluding hydrogens is 243 g/mol. The van der Waals surface area contributed by atoms with E-state index in [4.69, 9.17) is 0 Å². The number of Topliss-reactive ketones (excluding diaryl/α,β-unsaturated/α-hetero) is 1. The van der Waals surface area contributed by atoms with Crippen LogP contribution < -0.4 is 10.6 Å². The lowest BCUT2D eigenvalue weighted by atomic mass is 9.91. The van der Waals surface area contributed by atoms with Gasteiger partial charge in [0.2, 0.25) is 0 Å². The fourth-order valence-electron chi connectivity index (χ4n) is 2.61. The Hall–Kier alpha value is -1.42. The molecule has 0 aliphatic carbocycles. The van der Waals surface area contributed by atoms with Gasteiger partial charge in [0.15, 0.2) is 5.78 Å². The third kappa shape index (κ3) is 3.77. The second kappa shape index (κ2) is 6.66. The van der Waals surface area contributed by atoms with Crippen LogP contribution in [0.2, 0.25) is 0 Å². The predicted octanol–water partition coefficient (Wildman–Crippen LogP) is 2.83. The number of hydrogen-bond acceptors (Lipinski definition) is 3. The van der Waals surface area contributed by atoms with Gasteiger partial charge in [-0.2, -0.15) is 0 Å². The minimum absolute atomic E-state index is 0.0300. The Bertz CT molecular complexity index is 442. The fraction of sp³-hybridized carbons (Fsp3) is 0.533. The van der Waals surface area contributed by atoms with Crippen molar-refractivity contribution in [2.24, 2.45) is 5.92 Å².